The molecule has 1 aromatic rings. The number of nitrogens with one attached hydrogen (secondary N) is 1. The Kier molecular flexibility index (Phi) is 3.81. The van der Waals surface area contributed by atoms with E-state index in [2.05, 4.69) is 15.0 Å². The lowest BCUT2D eigenvalue weighted by Gasteiger charge is -2.11. The highest BCUT2D eigenvalue weighted by Gasteiger charge is 2.31. The molecule has 2 rings (SSSR count). The third-order valence-electron chi connectivity index (χ3n) is 2.56. The molecule has 2 heterocycles. The molecular formula is C11H13ClN2O3. The molecule has 2 atom stereocenters. The molecule has 1 aromatic heterocycles. The summed E-state index contributed by atoms with van der Waals surface area (Å²) < 4.78 is 10.3. The Hall–Kier alpha value is -1.33. The third-order valence-corrected chi connectivity index (χ3v) is 2.79. The van der Waals surface area contributed by atoms with Gasteiger partial charge in [0.1, 0.15) is 12.1 Å². The molecule has 1 fully saturated rings. The van der Waals surface area contributed by atoms with E-state index in [1.54, 1.807) is 12.1 Å². The number of hydrogen-bond donors (Lipinski definition) is 1. The van der Waals surface area contributed by atoms with Gasteiger partial charge in [0.15, 0.2) is 0 Å². The number of carbonyl (C=O) groups is 1. The highest BCUT2D eigenvalue weighted by Crippen LogP contribution is 2.17. The molecule has 1 N–H and O–H groups in total. The van der Waals surface area contributed by atoms with E-state index in [1.165, 1.54) is 13.3 Å². The first-order chi connectivity index (χ1) is 8.19. The molecule has 6 heteroatoms. The minimum Gasteiger partial charge on any atom is -0.473 e. The molecule has 1 unspecified atom stereocenters. The summed E-state index contributed by atoms with van der Waals surface area (Å²) >= 11 is 5.72. The van der Waals surface area contributed by atoms with Crippen molar-refractivity contribution in [1.29, 1.82) is 0 Å². The van der Waals surface area contributed by atoms with Crippen LogP contribution >= 0.6 is 11.6 Å². The standard InChI is InChI=1S/C11H13ClN2O3/c1-16-11(15)9-4-8(6-13-9)17-10-3-2-7(12)5-14-10/h2-3,5,8-9,13H,4,6H2,1H3/t8?,9-/m0/s1. The van der Waals surface area contributed by atoms with Crippen LogP contribution in [0.2, 0.25) is 5.02 Å². The molecule has 0 saturated carbocycles. The van der Waals surface area contributed by atoms with E-state index in [0.717, 1.165) is 0 Å². The van der Waals surface area contributed by atoms with Gasteiger partial charge < -0.3 is 14.8 Å². The molecule has 0 bridgehead atoms. The van der Waals surface area contributed by atoms with Crippen molar-refractivity contribution in [2.75, 3.05) is 13.7 Å². The smallest absolute Gasteiger partial charge is 0.323 e. The van der Waals surface area contributed by atoms with Gasteiger partial charge >= 0.3 is 5.97 Å². The van der Waals surface area contributed by atoms with Crippen LogP contribution in [0.1, 0.15) is 6.42 Å². The molecule has 1 aliphatic heterocycles. The first kappa shape index (κ1) is 12.1. The normalized spacial score (nSPS) is 23.4. The summed E-state index contributed by atoms with van der Waals surface area (Å²) in [5.41, 5.74) is 0. The molecule has 0 spiro atoms. The lowest BCUT2D eigenvalue weighted by molar-refractivity contribution is -0.142. The Balaban J connectivity index is 1.89. The highest BCUT2D eigenvalue weighted by molar-refractivity contribution is 6.30. The van der Waals surface area contributed by atoms with Crippen LogP contribution in [0.4, 0.5) is 0 Å². The monoisotopic (exact) mass is 256 g/mol. The Labute approximate surface area is 104 Å². The maximum Gasteiger partial charge on any atom is 0.323 e. The number of pyridine rings is 1. The van der Waals surface area contributed by atoms with Gasteiger partial charge in [-0.25, -0.2) is 4.98 Å². The zero-order chi connectivity index (χ0) is 12.3. The molecule has 0 aromatic carbocycles. The lowest BCUT2D eigenvalue weighted by Crippen LogP contribution is -2.31. The summed E-state index contributed by atoms with van der Waals surface area (Å²) in [7, 11) is 1.37. The van der Waals surface area contributed by atoms with Crippen molar-refractivity contribution < 1.29 is 14.3 Å². The number of hydrogen-bond acceptors (Lipinski definition) is 5. The van der Waals surface area contributed by atoms with Gasteiger partial charge in [0, 0.05) is 25.2 Å². The average molecular weight is 257 g/mol. The van der Waals surface area contributed by atoms with E-state index < -0.39 is 0 Å². The first-order valence-electron chi connectivity index (χ1n) is 5.28. The number of esters is 1. The summed E-state index contributed by atoms with van der Waals surface area (Å²) in [6.45, 7) is 0.601. The van der Waals surface area contributed by atoms with Crippen molar-refractivity contribution in [3.63, 3.8) is 0 Å². The molecule has 17 heavy (non-hydrogen) atoms. The summed E-state index contributed by atoms with van der Waals surface area (Å²) in [6, 6.07) is 3.12. The van der Waals surface area contributed by atoms with Gasteiger partial charge in [0.05, 0.1) is 12.1 Å². The minimum absolute atomic E-state index is 0.0761. The van der Waals surface area contributed by atoms with Crippen LogP contribution in [-0.4, -0.2) is 36.8 Å². The zero-order valence-corrected chi connectivity index (χ0v) is 10.1. The fraction of sp³-hybridized carbons (Fsp3) is 0.455. The van der Waals surface area contributed by atoms with Crippen molar-refractivity contribution in [3.8, 4) is 5.88 Å². The molecule has 1 aliphatic rings. The summed E-state index contributed by atoms with van der Waals surface area (Å²) in [5.74, 6) is 0.242. The number of halogens is 1. The first-order valence-corrected chi connectivity index (χ1v) is 5.66. The molecule has 92 valence electrons. The van der Waals surface area contributed by atoms with Crippen molar-refractivity contribution in [2.45, 2.75) is 18.6 Å². The number of nitrogens with zero attached hydrogens (tertiary/aromatic N) is 1. The van der Waals surface area contributed by atoms with Crippen LogP contribution in [-0.2, 0) is 9.53 Å². The molecule has 5 nitrogen and oxygen atoms in total. The maximum atomic E-state index is 11.3. The van der Waals surface area contributed by atoms with Gasteiger partial charge in [-0.05, 0) is 6.07 Å². The van der Waals surface area contributed by atoms with Gasteiger partial charge in [0.2, 0.25) is 5.88 Å². The molecule has 0 radical (unpaired) electrons. The number of rotatable bonds is 3. The zero-order valence-electron chi connectivity index (χ0n) is 9.35. The van der Waals surface area contributed by atoms with Crippen LogP contribution in [0.25, 0.3) is 0 Å². The van der Waals surface area contributed by atoms with Crippen molar-refractivity contribution in [2.24, 2.45) is 0 Å². The van der Waals surface area contributed by atoms with E-state index in [4.69, 9.17) is 16.3 Å². The Morgan fingerprint density at radius 2 is 2.41 bits per heavy atom. The Morgan fingerprint density at radius 3 is 3.06 bits per heavy atom. The fourth-order valence-corrected chi connectivity index (χ4v) is 1.83. The quantitative estimate of drug-likeness (QED) is 0.818. The van der Waals surface area contributed by atoms with Crippen molar-refractivity contribution >= 4 is 17.6 Å². The number of carbonyl (C=O) groups excluding carboxylic acids is 1. The number of ether oxygens (including phenoxy) is 2. The molecular weight excluding hydrogens is 244 g/mol. The average Bonchev–Trinajstić information content (AvgIpc) is 2.80. The van der Waals surface area contributed by atoms with Gasteiger partial charge in [-0.3, -0.25) is 4.79 Å². The summed E-state index contributed by atoms with van der Waals surface area (Å²) in [6.07, 6.45) is 2.03. The highest BCUT2D eigenvalue weighted by atomic mass is 35.5. The number of methoxy groups -OCH3 is 1. The minimum atomic E-state index is -0.294. The van der Waals surface area contributed by atoms with Gasteiger partial charge in [-0.1, -0.05) is 11.6 Å². The van der Waals surface area contributed by atoms with Gasteiger partial charge in [-0.2, -0.15) is 0 Å². The predicted octanol–water partition coefficient (Wildman–Crippen LogP) is 1.02. The van der Waals surface area contributed by atoms with Crippen LogP contribution < -0.4 is 10.1 Å². The van der Waals surface area contributed by atoms with Gasteiger partial charge in [-0.15, -0.1) is 0 Å². The topological polar surface area (TPSA) is 60.5 Å². The van der Waals surface area contributed by atoms with Crippen LogP contribution in [0.5, 0.6) is 5.88 Å². The van der Waals surface area contributed by atoms with Crippen LogP contribution in [0.15, 0.2) is 18.3 Å². The SMILES string of the molecule is COC(=O)[C@@H]1CC(Oc2ccc(Cl)cn2)CN1. The Morgan fingerprint density at radius 1 is 1.59 bits per heavy atom. The molecule has 1 saturated heterocycles. The maximum absolute atomic E-state index is 11.3. The third kappa shape index (κ3) is 3.08. The Bertz CT molecular complexity index is 396. The molecule has 0 amide bonds. The van der Waals surface area contributed by atoms with E-state index in [-0.39, 0.29) is 18.1 Å². The largest absolute Gasteiger partial charge is 0.473 e. The predicted molar refractivity (Wildman–Crippen MR) is 62.1 cm³/mol. The van der Waals surface area contributed by atoms with E-state index in [9.17, 15) is 4.79 Å². The summed E-state index contributed by atoms with van der Waals surface area (Å²) in [5, 5.41) is 3.60. The summed E-state index contributed by atoms with van der Waals surface area (Å²) in [4.78, 5) is 15.3. The van der Waals surface area contributed by atoms with Crippen molar-refractivity contribution in [3.05, 3.63) is 23.4 Å². The van der Waals surface area contributed by atoms with E-state index >= 15 is 0 Å². The second kappa shape index (κ2) is 5.33. The van der Waals surface area contributed by atoms with Crippen LogP contribution in [0.3, 0.4) is 0 Å². The van der Waals surface area contributed by atoms with Gasteiger partial charge in [0.25, 0.3) is 0 Å². The second-order valence-electron chi connectivity index (χ2n) is 3.77. The number of aromatic nitrogens is 1. The molecule has 0 aliphatic carbocycles. The van der Waals surface area contributed by atoms with Crippen molar-refractivity contribution in [1.82, 2.24) is 10.3 Å². The van der Waals surface area contributed by atoms with E-state index in [1.807, 2.05) is 0 Å². The second-order valence-corrected chi connectivity index (χ2v) is 4.21. The fourth-order valence-electron chi connectivity index (χ4n) is 1.72. The lowest BCUT2D eigenvalue weighted by atomic mass is 10.2. The van der Waals surface area contributed by atoms with Crippen LogP contribution in [0, 0.1) is 0 Å². The van der Waals surface area contributed by atoms with E-state index in [0.29, 0.717) is 23.9 Å².